The van der Waals surface area contributed by atoms with Crippen LogP contribution in [0, 0.1) is 5.92 Å². The number of carbonyl (C=O) groups excluding carboxylic acids is 3. The van der Waals surface area contributed by atoms with Gasteiger partial charge in [0.15, 0.2) is 0 Å². The van der Waals surface area contributed by atoms with Crippen LogP contribution in [0.3, 0.4) is 0 Å². The first-order valence-electron chi connectivity index (χ1n) is 8.73. The molecule has 0 saturated heterocycles. The normalized spacial score (nSPS) is 11.5. The van der Waals surface area contributed by atoms with Crippen molar-refractivity contribution in [2.75, 3.05) is 13.2 Å². The summed E-state index contributed by atoms with van der Waals surface area (Å²) in [6, 6.07) is 16.4. The van der Waals surface area contributed by atoms with Crippen molar-refractivity contribution in [2.24, 2.45) is 5.92 Å². The van der Waals surface area contributed by atoms with Crippen LogP contribution >= 0.6 is 0 Å². The molecule has 0 spiro atoms. The topological polar surface area (TPSA) is 81.7 Å². The Bertz CT molecular complexity index is 759. The zero-order valence-electron chi connectivity index (χ0n) is 15.4. The van der Waals surface area contributed by atoms with E-state index in [1.165, 1.54) is 0 Å². The highest BCUT2D eigenvalue weighted by molar-refractivity contribution is 5.96. The Kier molecular flexibility index (Phi) is 7.55. The lowest BCUT2D eigenvalue weighted by atomic mass is 10.0. The fraction of sp³-hybridized carbons (Fsp3) is 0.286. The molecule has 2 rings (SSSR count). The average molecular weight is 369 g/mol. The predicted octanol–water partition coefficient (Wildman–Crippen LogP) is 2.84. The second-order valence-electron chi connectivity index (χ2n) is 6.23. The van der Waals surface area contributed by atoms with Crippen molar-refractivity contribution in [3.8, 4) is 0 Å². The third kappa shape index (κ3) is 6.26. The number of amides is 1. The molecule has 0 fully saturated rings. The molecule has 6 nitrogen and oxygen atoms in total. The predicted molar refractivity (Wildman–Crippen MR) is 100 cm³/mol. The Hall–Kier alpha value is -3.15. The van der Waals surface area contributed by atoms with Crippen LogP contribution in [0.25, 0.3) is 0 Å². The van der Waals surface area contributed by atoms with Gasteiger partial charge in [-0.3, -0.25) is 4.79 Å². The van der Waals surface area contributed by atoms with Crippen molar-refractivity contribution in [1.82, 2.24) is 5.32 Å². The molecule has 0 aromatic heterocycles. The molecule has 0 heterocycles. The van der Waals surface area contributed by atoms with Crippen LogP contribution < -0.4 is 5.32 Å². The molecule has 1 atom stereocenters. The fourth-order valence-corrected chi connectivity index (χ4v) is 2.34. The fourth-order valence-electron chi connectivity index (χ4n) is 2.34. The van der Waals surface area contributed by atoms with Crippen molar-refractivity contribution >= 4 is 17.8 Å². The third-order valence-corrected chi connectivity index (χ3v) is 3.81. The van der Waals surface area contributed by atoms with E-state index in [1.54, 1.807) is 54.6 Å². The third-order valence-electron chi connectivity index (χ3n) is 3.81. The van der Waals surface area contributed by atoms with Gasteiger partial charge >= 0.3 is 11.9 Å². The summed E-state index contributed by atoms with van der Waals surface area (Å²) in [6.45, 7) is 3.48. The second kappa shape index (κ2) is 10.1. The average Bonchev–Trinajstić information content (AvgIpc) is 2.70. The van der Waals surface area contributed by atoms with E-state index in [-0.39, 0.29) is 25.0 Å². The first kappa shape index (κ1) is 20.2. The zero-order chi connectivity index (χ0) is 19.6. The molecule has 0 bridgehead atoms. The van der Waals surface area contributed by atoms with E-state index in [4.69, 9.17) is 9.47 Å². The van der Waals surface area contributed by atoms with Crippen LogP contribution in [-0.4, -0.2) is 37.1 Å². The molecule has 0 aliphatic carbocycles. The van der Waals surface area contributed by atoms with Crippen LogP contribution in [0.2, 0.25) is 0 Å². The maximum atomic E-state index is 12.3. The number of benzene rings is 2. The number of rotatable bonds is 8. The van der Waals surface area contributed by atoms with Gasteiger partial charge in [0.05, 0.1) is 5.56 Å². The largest absolute Gasteiger partial charge is 0.461 e. The Balaban J connectivity index is 1.81. The van der Waals surface area contributed by atoms with Gasteiger partial charge in [0.2, 0.25) is 0 Å². The van der Waals surface area contributed by atoms with Crippen LogP contribution in [-0.2, 0) is 14.3 Å². The number of carbonyl (C=O) groups is 3. The van der Waals surface area contributed by atoms with E-state index in [9.17, 15) is 14.4 Å². The van der Waals surface area contributed by atoms with Gasteiger partial charge in [-0.15, -0.1) is 0 Å². The maximum Gasteiger partial charge on any atom is 0.338 e. The summed E-state index contributed by atoms with van der Waals surface area (Å²) in [5, 5.41) is 2.69. The minimum atomic E-state index is -0.789. The summed E-state index contributed by atoms with van der Waals surface area (Å²) in [4.78, 5) is 36.4. The van der Waals surface area contributed by atoms with E-state index >= 15 is 0 Å². The summed E-state index contributed by atoms with van der Waals surface area (Å²) < 4.78 is 10.2. The molecular weight excluding hydrogens is 346 g/mol. The van der Waals surface area contributed by atoms with Gasteiger partial charge in [-0.05, 0) is 30.2 Å². The molecule has 0 aliphatic heterocycles. The monoisotopic (exact) mass is 369 g/mol. The Morgan fingerprint density at radius 2 is 1.33 bits per heavy atom. The number of hydrogen-bond donors (Lipinski definition) is 1. The molecule has 6 heteroatoms. The van der Waals surface area contributed by atoms with Gasteiger partial charge in [-0.1, -0.05) is 50.2 Å². The first-order chi connectivity index (χ1) is 13.0. The molecule has 142 valence electrons. The lowest BCUT2D eigenvalue weighted by Crippen LogP contribution is -2.45. The van der Waals surface area contributed by atoms with Gasteiger partial charge < -0.3 is 14.8 Å². The minimum absolute atomic E-state index is 0.0586. The molecular formula is C21H23NO5. The molecule has 0 aliphatic rings. The molecule has 27 heavy (non-hydrogen) atoms. The first-order valence-corrected chi connectivity index (χ1v) is 8.73. The van der Waals surface area contributed by atoms with Crippen molar-refractivity contribution in [3.63, 3.8) is 0 Å². The maximum absolute atomic E-state index is 12.3. The quantitative estimate of drug-likeness (QED) is 0.572. The highest BCUT2D eigenvalue weighted by Gasteiger charge is 2.26. The van der Waals surface area contributed by atoms with Crippen molar-refractivity contribution in [3.05, 3.63) is 71.8 Å². The summed E-state index contributed by atoms with van der Waals surface area (Å²) in [7, 11) is 0. The molecule has 1 unspecified atom stereocenters. The molecule has 1 N–H and O–H groups in total. The van der Waals surface area contributed by atoms with Gasteiger partial charge in [0.1, 0.15) is 19.3 Å². The number of esters is 2. The van der Waals surface area contributed by atoms with E-state index < -0.39 is 18.0 Å². The van der Waals surface area contributed by atoms with E-state index in [1.807, 2.05) is 19.9 Å². The van der Waals surface area contributed by atoms with Crippen molar-refractivity contribution in [1.29, 1.82) is 0 Å². The minimum Gasteiger partial charge on any atom is -0.461 e. The van der Waals surface area contributed by atoms with Crippen molar-refractivity contribution < 1.29 is 23.9 Å². The second-order valence-corrected chi connectivity index (χ2v) is 6.23. The van der Waals surface area contributed by atoms with Crippen LogP contribution in [0.1, 0.15) is 34.6 Å². The lowest BCUT2D eigenvalue weighted by molar-refractivity contribution is -0.148. The summed E-state index contributed by atoms with van der Waals surface area (Å²) in [5.41, 5.74) is 0.895. The van der Waals surface area contributed by atoms with E-state index in [0.717, 1.165) is 0 Å². The highest BCUT2D eigenvalue weighted by Crippen LogP contribution is 2.07. The van der Waals surface area contributed by atoms with Crippen LogP contribution in [0.5, 0.6) is 0 Å². The number of ether oxygens (including phenoxy) is 2. The van der Waals surface area contributed by atoms with Crippen LogP contribution in [0.15, 0.2) is 60.7 Å². The number of hydrogen-bond acceptors (Lipinski definition) is 5. The molecule has 2 aromatic carbocycles. The highest BCUT2D eigenvalue weighted by atomic mass is 16.6. The summed E-state index contributed by atoms with van der Waals surface area (Å²) in [6.07, 6.45) is 0. The standard InChI is InChI=1S/C21H23NO5/c1-15(2)18(22-19(23)16-9-5-3-6-10-16)21(25)27-14-13-26-20(24)17-11-7-4-8-12-17/h3-12,15,18H,13-14H2,1-2H3,(H,22,23). The van der Waals surface area contributed by atoms with Gasteiger partial charge in [-0.2, -0.15) is 0 Å². The summed E-state index contributed by atoms with van der Waals surface area (Å²) >= 11 is 0. The van der Waals surface area contributed by atoms with Crippen molar-refractivity contribution in [2.45, 2.75) is 19.9 Å². The molecule has 0 saturated carbocycles. The van der Waals surface area contributed by atoms with E-state index in [2.05, 4.69) is 5.32 Å². The Morgan fingerprint density at radius 1 is 0.815 bits per heavy atom. The van der Waals surface area contributed by atoms with E-state index in [0.29, 0.717) is 11.1 Å². The summed E-state index contributed by atoms with van der Waals surface area (Å²) in [5.74, 6) is -1.55. The molecule has 1 amide bonds. The Labute approximate surface area is 158 Å². The van der Waals surface area contributed by atoms with Gasteiger partial charge in [-0.25, -0.2) is 9.59 Å². The Morgan fingerprint density at radius 3 is 1.89 bits per heavy atom. The van der Waals surface area contributed by atoms with Crippen LogP contribution in [0.4, 0.5) is 0 Å². The smallest absolute Gasteiger partial charge is 0.338 e. The van der Waals surface area contributed by atoms with Gasteiger partial charge in [0.25, 0.3) is 5.91 Å². The number of nitrogens with one attached hydrogen (secondary N) is 1. The molecule has 2 aromatic rings. The zero-order valence-corrected chi connectivity index (χ0v) is 15.4. The lowest BCUT2D eigenvalue weighted by Gasteiger charge is -2.21. The SMILES string of the molecule is CC(C)C(NC(=O)c1ccccc1)C(=O)OCCOC(=O)c1ccccc1. The van der Waals surface area contributed by atoms with Gasteiger partial charge in [0, 0.05) is 5.56 Å². The molecule has 0 radical (unpaired) electrons.